The summed E-state index contributed by atoms with van der Waals surface area (Å²) >= 11 is 0. The third kappa shape index (κ3) is 6.05. The lowest BCUT2D eigenvalue weighted by atomic mass is 9.79. The molecule has 0 spiro atoms. The predicted molar refractivity (Wildman–Crippen MR) is 71.9 cm³/mol. The van der Waals surface area contributed by atoms with Crippen LogP contribution in [0.1, 0.15) is 52.4 Å². The second kappa shape index (κ2) is 7.48. The van der Waals surface area contributed by atoms with Crippen molar-refractivity contribution in [2.75, 3.05) is 13.2 Å². The van der Waals surface area contributed by atoms with Gasteiger partial charge in [0.25, 0.3) is 0 Å². The Labute approximate surface area is 114 Å². The molecule has 1 aliphatic carbocycles. The third-order valence-electron chi connectivity index (χ3n) is 3.60. The summed E-state index contributed by atoms with van der Waals surface area (Å²) < 4.78 is 5.34. The smallest absolute Gasteiger partial charge is 0.303 e. The van der Waals surface area contributed by atoms with E-state index in [1.54, 1.807) is 0 Å². The molecule has 110 valence electrons. The van der Waals surface area contributed by atoms with E-state index in [0.29, 0.717) is 19.6 Å². The van der Waals surface area contributed by atoms with Crippen molar-refractivity contribution < 1.29 is 19.4 Å². The van der Waals surface area contributed by atoms with E-state index < -0.39 is 5.97 Å². The highest BCUT2D eigenvalue weighted by Gasteiger charge is 2.37. The summed E-state index contributed by atoms with van der Waals surface area (Å²) in [6.45, 7) is 4.87. The van der Waals surface area contributed by atoms with Crippen molar-refractivity contribution in [3.63, 3.8) is 0 Å². The van der Waals surface area contributed by atoms with Gasteiger partial charge in [-0.3, -0.25) is 9.59 Å². The molecule has 0 aromatic heterocycles. The maximum absolute atomic E-state index is 11.9. The Bertz CT molecular complexity index is 309. The fourth-order valence-corrected chi connectivity index (χ4v) is 2.75. The molecule has 0 aromatic carbocycles. The van der Waals surface area contributed by atoms with Crippen LogP contribution in [0.5, 0.6) is 0 Å². The second-order valence-corrected chi connectivity index (χ2v) is 5.72. The summed E-state index contributed by atoms with van der Waals surface area (Å²) in [5, 5.41) is 11.8. The lowest BCUT2D eigenvalue weighted by molar-refractivity contribution is -0.140. The van der Waals surface area contributed by atoms with Crippen LogP contribution >= 0.6 is 0 Å². The van der Waals surface area contributed by atoms with Crippen LogP contribution in [0, 0.1) is 5.41 Å². The summed E-state index contributed by atoms with van der Waals surface area (Å²) in [6.07, 6.45) is 4.31. The average Bonchev–Trinajstić information content (AvgIpc) is 2.71. The van der Waals surface area contributed by atoms with Crippen molar-refractivity contribution in [2.45, 2.75) is 58.5 Å². The summed E-state index contributed by atoms with van der Waals surface area (Å²) in [4.78, 5) is 22.8. The molecule has 2 N–H and O–H groups in total. The first kappa shape index (κ1) is 16.0. The Morgan fingerprint density at radius 2 is 1.89 bits per heavy atom. The van der Waals surface area contributed by atoms with Gasteiger partial charge in [-0.05, 0) is 32.1 Å². The van der Waals surface area contributed by atoms with Gasteiger partial charge in [0.1, 0.15) is 0 Å². The van der Waals surface area contributed by atoms with Crippen LogP contribution < -0.4 is 5.32 Å². The van der Waals surface area contributed by atoms with E-state index in [9.17, 15) is 9.59 Å². The van der Waals surface area contributed by atoms with Crippen LogP contribution in [0.3, 0.4) is 0 Å². The molecule has 1 saturated carbocycles. The number of amides is 1. The van der Waals surface area contributed by atoms with E-state index >= 15 is 0 Å². The van der Waals surface area contributed by atoms with E-state index in [4.69, 9.17) is 9.84 Å². The minimum Gasteiger partial charge on any atom is -0.481 e. The number of hydrogen-bond acceptors (Lipinski definition) is 3. The highest BCUT2D eigenvalue weighted by Crippen LogP contribution is 2.43. The molecular formula is C14H25NO4. The SMILES string of the molecule is CC(C)OCCNC(=O)CC1(CC(=O)O)CCCC1. The maximum Gasteiger partial charge on any atom is 0.303 e. The molecule has 19 heavy (non-hydrogen) atoms. The second-order valence-electron chi connectivity index (χ2n) is 5.72. The molecule has 5 nitrogen and oxygen atoms in total. The number of ether oxygens (including phenoxy) is 1. The largest absolute Gasteiger partial charge is 0.481 e. The number of rotatable bonds is 8. The molecule has 1 aliphatic rings. The highest BCUT2D eigenvalue weighted by molar-refractivity contribution is 5.78. The average molecular weight is 271 g/mol. The van der Waals surface area contributed by atoms with Gasteiger partial charge in [-0.15, -0.1) is 0 Å². The number of carboxylic acids is 1. The first-order chi connectivity index (χ1) is 8.93. The number of nitrogens with one attached hydrogen (secondary N) is 1. The van der Waals surface area contributed by atoms with Crippen LogP contribution in [-0.4, -0.2) is 36.2 Å². The lowest BCUT2D eigenvalue weighted by Crippen LogP contribution is -2.34. The van der Waals surface area contributed by atoms with Gasteiger partial charge in [-0.1, -0.05) is 12.8 Å². The Hall–Kier alpha value is -1.10. The van der Waals surface area contributed by atoms with Crippen LogP contribution in [0.25, 0.3) is 0 Å². The molecule has 0 unspecified atom stereocenters. The number of carboxylic acid groups (broad SMARTS) is 1. The number of carbonyl (C=O) groups is 2. The fourth-order valence-electron chi connectivity index (χ4n) is 2.75. The van der Waals surface area contributed by atoms with Crippen molar-refractivity contribution >= 4 is 11.9 Å². The molecule has 1 rings (SSSR count). The van der Waals surface area contributed by atoms with Gasteiger partial charge in [-0.25, -0.2) is 0 Å². The number of hydrogen-bond donors (Lipinski definition) is 2. The standard InChI is InChI=1S/C14H25NO4/c1-11(2)19-8-7-15-12(16)9-14(10-13(17)18)5-3-4-6-14/h11H,3-10H2,1-2H3,(H,15,16)(H,17,18). The van der Waals surface area contributed by atoms with Crippen LogP contribution in [0.4, 0.5) is 0 Å². The van der Waals surface area contributed by atoms with E-state index in [1.165, 1.54) is 0 Å². The molecule has 0 heterocycles. The monoisotopic (exact) mass is 271 g/mol. The van der Waals surface area contributed by atoms with Crippen LogP contribution in [-0.2, 0) is 14.3 Å². The van der Waals surface area contributed by atoms with Crippen molar-refractivity contribution in [3.05, 3.63) is 0 Å². The Morgan fingerprint density at radius 3 is 2.42 bits per heavy atom. The quantitative estimate of drug-likeness (QED) is 0.662. The zero-order valence-corrected chi connectivity index (χ0v) is 11.9. The molecule has 1 amide bonds. The van der Waals surface area contributed by atoms with Gasteiger partial charge in [0.2, 0.25) is 5.91 Å². The van der Waals surface area contributed by atoms with Crippen molar-refractivity contribution in [2.24, 2.45) is 5.41 Å². The zero-order chi connectivity index (χ0) is 14.3. The molecule has 0 aliphatic heterocycles. The summed E-state index contributed by atoms with van der Waals surface area (Å²) in [7, 11) is 0. The van der Waals surface area contributed by atoms with Gasteiger partial charge in [0, 0.05) is 13.0 Å². The third-order valence-corrected chi connectivity index (χ3v) is 3.60. The molecule has 0 saturated heterocycles. The van der Waals surface area contributed by atoms with Crippen molar-refractivity contribution in [1.82, 2.24) is 5.32 Å². The van der Waals surface area contributed by atoms with Gasteiger partial charge in [-0.2, -0.15) is 0 Å². The number of aliphatic carboxylic acids is 1. The molecule has 0 radical (unpaired) electrons. The minimum absolute atomic E-state index is 0.0597. The molecule has 1 fully saturated rings. The summed E-state index contributed by atoms with van der Waals surface area (Å²) in [5.74, 6) is -0.867. The first-order valence-corrected chi connectivity index (χ1v) is 7.04. The molecule has 0 aromatic rings. The van der Waals surface area contributed by atoms with Gasteiger partial charge in [0.05, 0.1) is 19.1 Å². The van der Waals surface area contributed by atoms with Gasteiger partial charge < -0.3 is 15.2 Å². The number of carbonyl (C=O) groups excluding carboxylic acids is 1. The van der Waals surface area contributed by atoms with E-state index in [0.717, 1.165) is 25.7 Å². The van der Waals surface area contributed by atoms with Crippen LogP contribution in [0.2, 0.25) is 0 Å². The van der Waals surface area contributed by atoms with Crippen molar-refractivity contribution in [1.29, 1.82) is 0 Å². The van der Waals surface area contributed by atoms with E-state index in [2.05, 4.69) is 5.32 Å². The van der Waals surface area contributed by atoms with E-state index in [1.807, 2.05) is 13.8 Å². The van der Waals surface area contributed by atoms with Gasteiger partial charge >= 0.3 is 5.97 Å². The fraction of sp³-hybridized carbons (Fsp3) is 0.857. The first-order valence-electron chi connectivity index (χ1n) is 7.04. The molecule has 0 bridgehead atoms. The Balaban J connectivity index is 2.33. The van der Waals surface area contributed by atoms with Crippen molar-refractivity contribution in [3.8, 4) is 0 Å². The molecule has 0 atom stereocenters. The summed E-state index contributed by atoms with van der Waals surface area (Å²) in [6, 6.07) is 0. The normalized spacial score (nSPS) is 17.6. The Morgan fingerprint density at radius 1 is 1.26 bits per heavy atom. The van der Waals surface area contributed by atoms with E-state index in [-0.39, 0.29) is 23.8 Å². The lowest BCUT2D eigenvalue weighted by Gasteiger charge is -2.26. The Kier molecular flexibility index (Phi) is 6.28. The van der Waals surface area contributed by atoms with Gasteiger partial charge in [0.15, 0.2) is 0 Å². The highest BCUT2D eigenvalue weighted by atomic mass is 16.5. The zero-order valence-electron chi connectivity index (χ0n) is 11.9. The predicted octanol–water partition coefficient (Wildman–Crippen LogP) is 1.95. The minimum atomic E-state index is -0.808. The maximum atomic E-state index is 11.9. The summed E-state index contributed by atoms with van der Waals surface area (Å²) in [5.41, 5.74) is -0.325. The topological polar surface area (TPSA) is 75.6 Å². The molecular weight excluding hydrogens is 246 g/mol. The van der Waals surface area contributed by atoms with Crippen LogP contribution in [0.15, 0.2) is 0 Å². The molecule has 5 heteroatoms.